The number of halogens is 1. The van der Waals surface area contributed by atoms with Gasteiger partial charge in [0, 0.05) is 0 Å². The van der Waals surface area contributed by atoms with Gasteiger partial charge in [0.15, 0.2) is 0 Å². The van der Waals surface area contributed by atoms with Crippen LogP contribution in [-0.2, 0) is 16.9 Å². The van der Waals surface area contributed by atoms with Gasteiger partial charge in [-0.2, -0.15) is 0 Å². The molecule has 0 bridgehead atoms. The molecule has 0 aliphatic heterocycles. The van der Waals surface area contributed by atoms with Crippen molar-refractivity contribution in [1.29, 1.82) is 0 Å². The molecule has 4 nitrogen and oxygen atoms in total. The second-order valence-electron chi connectivity index (χ2n) is 5.49. The van der Waals surface area contributed by atoms with E-state index < -0.39 is 0 Å². The molecule has 1 aromatic rings. The third kappa shape index (κ3) is 4.08. The van der Waals surface area contributed by atoms with Gasteiger partial charge in [0.1, 0.15) is 12.5 Å². The highest BCUT2D eigenvalue weighted by atomic mass is 35.5. The van der Waals surface area contributed by atoms with Gasteiger partial charge in [-0.1, -0.05) is 34.6 Å². The first-order chi connectivity index (χ1) is 7.76. The zero-order chi connectivity index (χ0) is 13.1. The van der Waals surface area contributed by atoms with Gasteiger partial charge in [-0.3, -0.25) is 0 Å². The SMILES string of the molecule is CC(C)(C)C(C)(C)[Si]OCc1nnc(CCl)o1. The maximum absolute atomic E-state index is 5.66. The highest BCUT2D eigenvalue weighted by Crippen LogP contribution is 2.43. The summed E-state index contributed by atoms with van der Waals surface area (Å²) >= 11 is 5.57. The summed E-state index contributed by atoms with van der Waals surface area (Å²) in [5, 5.41) is 7.73. The average molecular weight is 275 g/mol. The minimum atomic E-state index is 0.113. The highest BCUT2D eigenvalue weighted by Gasteiger charge is 2.34. The monoisotopic (exact) mass is 274 g/mol. The number of hydrogen-bond donors (Lipinski definition) is 0. The molecule has 0 spiro atoms. The van der Waals surface area contributed by atoms with Crippen LogP contribution in [0.3, 0.4) is 0 Å². The number of aromatic nitrogens is 2. The van der Waals surface area contributed by atoms with E-state index in [1.54, 1.807) is 0 Å². The molecular weight excluding hydrogens is 256 g/mol. The van der Waals surface area contributed by atoms with Crippen LogP contribution < -0.4 is 0 Å². The lowest BCUT2D eigenvalue weighted by atomic mass is 9.82. The topological polar surface area (TPSA) is 48.2 Å². The standard InChI is InChI=1S/C11H19ClN2O2Si/c1-10(2,3)11(4,5)17-15-7-9-14-13-8(6-12)16-9/h6-7H2,1-5H3. The molecule has 0 amide bonds. The first-order valence-corrected chi connectivity index (χ1v) is 6.97. The Labute approximate surface area is 110 Å². The molecule has 0 saturated carbocycles. The molecule has 0 aromatic carbocycles. The molecule has 0 atom stereocenters. The molecule has 6 heteroatoms. The van der Waals surface area contributed by atoms with E-state index in [4.69, 9.17) is 20.4 Å². The predicted molar refractivity (Wildman–Crippen MR) is 67.9 cm³/mol. The Bertz CT molecular complexity index is 361. The van der Waals surface area contributed by atoms with Crippen molar-refractivity contribution in [2.24, 2.45) is 5.41 Å². The summed E-state index contributed by atoms with van der Waals surface area (Å²) in [4.78, 5) is 0. The van der Waals surface area contributed by atoms with E-state index in [0.29, 0.717) is 28.2 Å². The van der Waals surface area contributed by atoms with Crippen molar-refractivity contribution >= 4 is 21.4 Å². The summed E-state index contributed by atoms with van der Waals surface area (Å²) in [6.07, 6.45) is 0. The van der Waals surface area contributed by atoms with Crippen molar-refractivity contribution in [2.75, 3.05) is 0 Å². The molecule has 1 rings (SSSR count). The largest absolute Gasteiger partial charge is 0.421 e. The van der Waals surface area contributed by atoms with Gasteiger partial charge in [-0.25, -0.2) is 0 Å². The smallest absolute Gasteiger partial charge is 0.240 e. The first-order valence-electron chi connectivity index (χ1n) is 5.52. The van der Waals surface area contributed by atoms with Crippen LogP contribution in [0.5, 0.6) is 0 Å². The lowest BCUT2D eigenvalue weighted by Gasteiger charge is -2.37. The summed E-state index contributed by atoms with van der Waals surface area (Å²) in [6.45, 7) is 11.4. The first kappa shape index (κ1) is 14.7. The summed E-state index contributed by atoms with van der Waals surface area (Å²) in [7, 11) is 0.385. The summed E-state index contributed by atoms with van der Waals surface area (Å²) < 4.78 is 10.9. The van der Waals surface area contributed by atoms with Gasteiger partial charge in [-0.05, 0) is 10.5 Å². The highest BCUT2D eigenvalue weighted by molar-refractivity contribution is 6.32. The molecule has 0 aliphatic carbocycles. The van der Waals surface area contributed by atoms with Crippen molar-refractivity contribution < 1.29 is 8.84 Å². The van der Waals surface area contributed by atoms with Crippen LogP contribution in [0.2, 0.25) is 5.04 Å². The number of hydrogen-bond acceptors (Lipinski definition) is 4. The Morgan fingerprint density at radius 1 is 1.18 bits per heavy atom. The molecule has 1 aromatic heterocycles. The number of alkyl halides is 1. The minimum absolute atomic E-state index is 0.113. The molecule has 1 heterocycles. The summed E-state index contributed by atoms with van der Waals surface area (Å²) in [5.74, 6) is 1.16. The molecule has 0 N–H and O–H groups in total. The van der Waals surface area contributed by atoms with E-state index in [9.17, 15) is 0 Å². The molecule has 2 radical (unpaired) electrons. The van der Waals surface area contributed by atoms with Crippen molar-refractivity contribution in [3.05, 3.63) is 11.8 Å². The fraction of sp³-hybridized carbons (Fsp3) is 0.818. The summed E-state index contributed by atoms with van der Waals surface area (Å²) in [5.41, 5.74) is 0.196. The van der Waals surface area contributed by atoms with Gasteiger partial charge in [0.05, 0.1) is 0 Å². The van der Waals surface area contributed by atoms with Crippen LogP contribution >= 0.6 is 11.6 Å². The van der Waals surface area contributed by atoms with Gasteiger partial charge in [0.2, 0.25) is 21.5 Å². The zero-order valence-electron chi connectivity index (χ0n) is 11.0. The molecule has 0 fully saturated rings. The van der Waals surface area contributed by atoms with Crippen LogP contribution in [0.15, 0.2) is 4.42 Å². The van der Waals surface area contributed by atoms with E-state index >= 15 is 0 Å². The van der Waals surface area contributed by atoms with Crippen molar-refractivity contribution in [2.45, 2.75) is 52.1 Å². The Balaban J connectivity index is 2.42. The van der Waals surface area contributed by atoms with Crippen LogP contribution in [0.25, 0.3) is 0 Å². The van der Waals surface area contributed by atoms with Crippen LogP contribution in [0, 0.1) is 5.41 Å². The fourth-order valence-electron chi connectivity index (χ4n) is 0.832. The second kappa shape index (κ2) is 5.50. The third-order valence-electron chi connectivity index (χ3n) is 3.02. The third-order valence-corrected chi connectivity index (χ3v) is 4.80. The van der Waals surface area contributed by atoms with Crippen molar-refractivity contribution in [3.8, 4) is 0 Å². The van der Waals surface area contributed by atoms with Gasteiger partial charge >= 0.3 is 0 Å². The van der Waals surface area contributed by atoms with Crippen LogP contribution in [0.1, 0.15) is 46.4 Å². The quantitative estimate of drug-likeness (QED) is 0.611. The summed E-state index contributed by atoms with van der Waals surface area (Å²) in [6, 6.07) is 0. The van der Waals surface area contributed by atoms with E-state index in [-0.39, 0.29) is 16.3 Å². The molecule has 0 saturated heterocycles. The number of rotatable bonds is 5. The number of nitrogens with zero attached hydrogens (tertiary/aromatic N) is 2. The Morgan fingerprint density at radius 2 is 1.76 bits per heavy atom. The molecule has 0 aliphatic rings. The lowest BCUT2D eigenvalue weighted by molar-refractivity contribution is 0.221. The molecule has 17 heavy (non-hydrogen) atoms. The van der Waals surface area contributed by atoms with Crippen LogP contribution in [-0.4, -0.2) is 20.0 Å². The van der Waals surface area contributed by atoms with Gasteiger partial charge in [-0.15, -0.1) is 21.8 Å². The Kier molecular flexibility index (Phi) is 4.74. The zero-order valence-corrected chi connectivity index (χ0v) is 12.8. The second-order valence-corrected chi connectivity index (χ2v) is 7.50. The lowest BCUT2D eigenvalue weighted by Crippen LogP contribution is -2.30. The molecule has 96 valence electrons. The minimum Gasteiger partial charge on any atom is -0.421 e. The van der Waals surface area contributed by atoms with E-state index in [2.05, 4.69) is 44.8 Å². The normalized spacial score (nSPS) is 13.1. The van der Waals surface area contributed by atoms with Crippen molar-refractivity contribution in [3.63, 3.8) is 0 Å². The van der Waals surface area contributed by atoms with Crippen molar-refractivity contribution in [1.82, 2.24) is 10.2 Å². The predicted octanol–water partition coefficient (Wildman–Crippen LogP) is 3.19. The average Bonchev–Trinajstić information content (AvgIpc) is 2.63. The Morgan fingerprint density at radius 3 is 2.24 bits per heavy atom. The van der Waals surface area contributed by atoms with Gasteiger partial charge in [0.25, 0.3) is 0 Å². The fourth-order valence-corrected chi connectivity index (χ4v) is 1.80. The molecule has 0 unspecified atom stereocenters. The van der Waals surface area contributed by atoms with E-state index in [1.165, 1.54) is 0 Å². The Hall–Kier alpha value is -0.393. The van der Waals surface area contributed by atoms with Gasteiger partial charge < -0.3 is 8.84 Å². The van der Waals surface area contributed by atoms with E-state index in [1.807, 2.05) is 0 Å². The van der Waals surface area contributed by atoms with Crippen LogP contribution in [0.4, 0.5) is 0 Å². The molecular formula is C11H19ClN2O2Si. The van der Waals surface area contributed by atoms with E-state index in [0.717, 1.165) is 0 Å². The maximum atomic E-state index is 5.66. The maximum Gasteiger partial charge on any atom is 0.240 e.